The van der Waals surface area contributed by atoms with Crippen molar-refractivity contribution in [3.05, 3.63) is 83.4 Å². The first-order chi connectivity index (χ1) is 15.1. The highest BCUT2D eigenvalue weighted by atomic mass is 16.6. The molecule has 2 aliphatic rings. The summed E-state index contributed by atoms with van der Waals surface area (Å²) in [5.74, 6) is -0.674. The van der Waals surface area contributed by atoms with Gasteiger partial charge >= 0.3 is 5.97 Å². The maximum atomic E-state index is 12.7. The van der Waals surface area contributed by atoms with Crippen LogP contribution < -0.4 is 5.32 Å². The first-order valence-corrected chi connectivity index (χ1v) is 10.7. The van der Waals surface area contributed by atoms with Crippen molar-refractivity contribution in [2.45, 2.75) is 31.3 Å². The Bertz CT molecular complexity index is 1190. The number of carbonyl (C=O) groups is 3. The normalized spacial score (nSPS) is 22.2. The van der Waals surface area contributed by atoms with Crippen LogP contribution in [-0.2, 0) is 15.1 Å². The van der Waals surface area contributed by atoms with Crippen LogP contribution in [0.5, 0.6) is 0 Å². The summed E-state index contributed by atoms with van der Waals surface area (Å²) in [6, 6.07) is 20.9. The van der Waals surface area contributed by atoms with E-state index in [1.165, 1.54) is 0 Å². The molecule has 0 saturated heterocycles. The van der Waals surface area contributed by atoms with Crippen molar-refractivity contribution >= 4 is 28.4 Å². The van der Waals surface area contributed by atoms with Crippen molar-refractivity contribution in [1.82, 2.24) is 5.32 Å². The Morgan fingerprint density at radius 2 is 1.65 bits per heavy atom. The van der Waals surface area contributed by atoms with E-state index in [1.807, 2.05) is 54.6 Å². The molecule has 0 atom stereocenters. The Morgan fingerprint density at radius 1 is 0.935 bits per heavy atom. The second-order valence-corrected chi connectivity index (χ2v) is 8.41. The lowest BCUT2D eigenvalue weighted by molar-refractivity contribution is -0.127. The van der Waals surface area contributed by atoms with Crippen LogP contribution in [0.25, 0.3) is 10.8 Å². The van der Waals surface area contributed by atoms with Crippen LogP contribution in [0.15, 0.2) is 66.7 Å². The molecule has 1 heterocycles. The molecule has 3 aromatic carbocycles. The topological polar surface area (TPSA) is 72.5 Å². The highest BCUT2D eigenvalue weighted by molar-refractivity contribution is 6.02. The second-order valence-electron chi connectivity index (χ2n) is 8.41. The van der Waals surface area contributed by atoms with E-state index in [2.05, 4.69) is 5.32 Å². The van der Waals surface area contributed by atoms with Crippen LogP contribution in [0.4, 0.5) is 0 Å². The molecule has 1 aliphatic carbocycles. The van der Waals surface area contributed by atoms with Crippen LogP contribution in [0.3, 0.4) is 0 Å². The maximum absolute atomic E-state index is 12.7. The third kappa shape index (κ3) is 3.50. The van der Waals surface area contributed by atoms with Crippen LogP contribution in [-0.4, -0.2) is 24.2 Å². The van der Waals surface area contributed by atoms with E-state index < -0.39 is 5.60 Å². The van der Waals surface area contributed by atoms with E-state index in [9.17, 15) is 14.4 Å². The summed E-state index contributed by atoms with van der Waals surface area (Å²) in [5.41, 5.74) is 1.55. The first-order valence-electron chi connectivity index (χ1n) is 10.7. The van der Waals surface area contributed by atoms with Gasteiger partial charge in [0.05, 0.1) is 12.1 Å². The molecule has 1 fully saturated rings. The van der Waals surface area contributed by atoms with Gasteiger partial charge in [-0.15, -0.1) is 0 Å². The highest BCUT2D eigenvalue weighted by Gasteiger charge is 2.48. The van der Waals surface area contributed by atoms with Crippen molar-refractivity contribution in [1.29, 1.82) is 0 Å². The highest BCUT2D eigenvalue weighted by Crippen LogP contribution is 2.48. The number of Topliss-reactive ketones (excluding diaryl/α,β-unsaturated/α-hetero) is 1. The molecule has 5 nitrogen and oxygen atoms in total. The van der Waals surface area contributed by atoms with E-state index in [0.717, 1.165) is 16.3 Å². The number of nitrogens with one attached hydrogen (secondary N) is 1. The predicted octanol–water partition coefficient (Wildman–Crippen LogP) is 4.39. The van der Waals surface area contributed by atoms with Crippen LogP contribution in [0.1, 0.15) is 52.0 Å². The SMILES string of the molecule is O=C(CNC(=O)C1CCC2(CC1)OC(=O)c1ccccc12)c1ccc2ccccc2c1. The quantitative estimate of drug-likeness (QED) is 0.508. The van der Waals surface area contributed by atoms with Gasteiger partial charge in [-0.05, 0) is 48.6 Å². The Kier molecular flexibility index (Phi) is 4.81. The molecule has 1 N–H and O–H groups in total. The molecular formula is C26H23NO4. The lowest BCUT2D eigenvalue weighted by atomic mass is 9.74. The number of carbonyl (C=O) groups excluding carboxylic acids is 3. The van der Waals surface area contributed by atoms with Gasteiger partial charge in [-0.1, -0.05) is 54.6 Å². The number of ketones is 1. The number of esters is 1. The molecule has 0 bridgehead atoms. The van der Waals surface area contributed by atoms with Crippen LogP contribution >= 0.6 is 0 Å². The van der Waals surface area contributed by atoms with Gasteiger partial charge in [-0.3, -0.25) is 9.59 Å². The Balaban J connectivity index is 1.19. The number of hydrogen-bond donors (Lipinski definition) is 1. The number of amides is 1. The van der Waals surface area contributed by atoms with Crippen molar-refractivity contribution in [2.75, 3.05) is 6.54 Å². The third-order valence-corrected chi connectivity index (χ3v) is 6.58. The van der Waals surface area contributed by atoms with Gasteiger partial charge in [0.15, 0.2) is 5.78 Å². The van der Waals surface area contributed by atoms with Gasteiger partial charge in [0.2, 0.25) is 5.91 Å². The number of rotatable bonds is 4. The van der Waals surface area contributed by atoms with Crippen molar-refractivity contribution in [2.24, 2.45) is 5.92 Å². The van der Waals surface area contributed by atoms with Crippen LogP contribution in [0.2, 0.25) is 0 Å². The van der Waals surface area contributed by atoms with E-state index in [-0.39, 0.29) is 30.1 Å². The number of hydrogen-bond acceptors (Lipinski definition) is 4. The fourth-order valence-corrected chi connectivity index (χ4v) is 4.84. The summed E-state index contributed by atoms with van der Waals surface area (Å²) >= 11 is 0. The zero-order chi connectivity index (χ0) is 21.4. The molecule has 3 aromatic rings. The molecule has 1 spiro atoms. The summed E-state index contributed by atoms with van der Waals surface area (Å²) in [6.07, 6.45) is 2.48. The molecule has 156 valence electrons. The van der Waals surface area contributed by atoms with Gasteiger partial charge < -0.3 is 10.1 Å². The van der Waals surface area contributed by atoms with Crippen molar-refractivity contribution < 1.29 is 19.1 Å². The van der Waals surface area contributed by atoms with Gasteiger partial charge in [0.25, 0.3) is 0 Å². The van der Waals surface area contributed by atoms with Gasteiger partial charge in [-0.2, -0.15) is 0 Å². The summed E-state index contributed by atoms with van der Waals surface area (Å²) in [5, 5.41) is 4.89. The molecule has 0 radical (unpaired) electrons. The molecular weight excluding hydrogens is 390 g/mol. The molecule has 0 unspecified atom stereocenters. The number of fused-ring (bicyclic) bond motifs is 3. The minimum absolute atomic E-state index is 0.0172. The molecule has 1 amide bonds. The molecule has 31 heavy (non-hydrogen) atoms. The minimum Gasteiger partial charge on any atom is -0.451 e. The van der Waals surface area contributed by atoms with E-state index in [1.54, 1.807) is 12.1 Å². The predicted molar refractivity (Wildman–Crippen MR) is 117 cm³/mol. The number of ether oxygens (including phenoxy) is 1. The van der Waals surface area contributed by atoms with E-state index in [4.69, 9.17) is 4.74 Å². The first kappa shape index (κ1) is 19.5. The third-order valence-electron chi connectivity index (χ3n) is 6.58. The number of benzene rings is 3. The van der Waals surface area contributed by atoms with E-state index in [0.29, 0.717) is 36.8 Å². The maximum Gasteiger partial charge on any atom is 0.339 e. The fraction of sp³-hybridized carbons (Fsp3) is 0.269. The van der Waals surface area contributed by atoms with Gasteiger partial charge in [-0.25, -0.2) is 4.79 Å². The monoisotopic (exact) mass is 413 g/mol. The standard InChI is InChI=1S/C26H23NO4/c28-23(20-10-9-17-5-1-2-6-19(17)15-20)16-27-24(29)18-11-13-26(14-12-18)22-8-4-3-7-21(22)25(30)31-26/h1-10,15,18H,11-14,16H2,(H,27,29). The lowest BCUT2D eigenvalue weighted by Crippen LogP contribution is -2.40. The average Bonchev–Trinajstić information content (AvgIpc) is 3.08. The molecule has 5 rings (SSSR count). The summed E-state index contributed by atoms with van der Waals surface area (Å²) in [4.78, 5) is 37.5. The minimum atomic E-state index is -0.606. The average molecular weight is 413 g/mol. The van der Waals surface area contributed by atoms with Gasteiger partial charge in [0.1, 0.15) is 5.60 Å². The fourth-order valence-electron chi connectivity index (χ4n) is 4.84. The smallest absolute Gasteiger partial charge is 0.339 e. The zero-order valence-corrected chi connectivity index (χ0v) is 17.1. The Morgan fingerprint density at radius 3 is 2.45 bits per heavy atom. The summed E-state index contributed by atoms with van der Waals surface area (Å²) in [7, 11) is 0. The van der Waals surface area contributed by atoms with E-state index >= 15 is 0 Å². The van der Waals surface area contributed by atoms with Crippen molar-refractivity contribution in [3.8, 4) is 0 Å². The summed E-state index contributed by atoms with van der Waals surface area (Å²) < 4.78 is 5.75. The molecule has 1 saturated carbocycles. The Labute approximate surface area is 180 Å². The molecule has 0 aromatic heterocycles. The van der Waals surface area contributed by atoms with Gasteiger partial charge in [0, 0.05) is 17.0 Å². The van der Waals surface area contributed by atoms with Crippen LogP contribution in [0, 0.1) is 5.92 Å². The summed E-state index contributed by atoms with van der Waals surface area (Å²) in [6.45, 7) is -0.0172. The zero-order valence-electron chi connectivity index (χ0n) is 17.1. The Hall–Kier alpha value is -3.47. The molecule has 5 heteroatoms. The van der Waals surface area contributed by atoms with Crippen molar-refractivity contribution in [3.63, 3.8) is 0 Å². The molecule has 1 aliphatic heterocycles. The lowest BCUT2D eigenvalue weighted by Gasteiger charge is -2.36. The largest absolute Gasteiger partial charge is 0.451 e. The second kappa shape index (κ2) is 7.65.